The van der Waals surface area contributed by atoms with Gasteiger partial charge in [0.1, 0.15) is 11.5 Å². The van der Waals surface area contributed by atoms with Gasteiger partial charge in [0.05, 0.1) is 6.20 Å². The Balaban J connectivity index is 2.15. The van der Waals surface area contributed by atoms with Crippen molar-refractivity contribution >= 4 is 14.2 Å². The van der Waals surface area contributed by atoms with Crippen molar-refractivity contribution in [2.75, 3.05) is 6.61 Å². The number of nitrogens with one attached hydrogen (secondary N) is 2. The van der Waals surface area contributed by atoms with E-state index < -0.39 is 8.32 Å². The number of nitrogens with zero attached hydrogens (tertiary/aromatic N) is 1. The molecule has 1 unspecified atom stereocenters. The predicted octanol–water partition coefficient (Wildman–Crippen LogP) is 3.75. The fourth-order valence-electron chi connectivity index (χ4n) is 2.55. The van der Waals surface area contributed by atoms with Crippen LogP contribution in [-0.4, -0.2) is 30.8 Å². The van der Waals surface area contributed by atoms with Crippen LogP contribution in [0.5, 0.6) is 0 Å². The van der Waals surface area contributed by atoms with Gasteiger partial charge >= 0.3 is 0 Å². The van der Waals surface area contributed by atoms with Gasteiger partial charge in [-0.15, -0.1) is 0 Å². The lowest BCUT2D eigenvalue weighted by atomic mass is 9.99. The van der Waals surface area contributed by atoms with Gasteiger partial charge in [-0.1, -0.05) is 51.1 Å². The second-order valence-electron chi connectivity index (χ2n) is 8.45. The van der Waals surface area contributed by atoms with Crippen LogP contribution < -0.4 is 11.3 Å². The fraction of sp³-hybridized carbons (Fsp3) is 0.500. The number of hydrogen-bond acceptors (Lipinski definition) is 4. The first kappa shape index (κ1) is 21.3. The first-order valence-corrected chi connectivity index (χ1v) is 12.3. The van der Waals surface area contributed by atoms with Gasteiger partial charge in [0.15, 0.2) is 8.32 Å². The lowest BCUT2D eigenvalue weighted by Crippen LogP contribution is -2.41. The van der Waals surface area contributed by atoms with Gasteiger partial charge in [0.25, 0.3) is 5.91 Å². The number of H-pyrrole nitrogens is 1. The van der Waals surface area contributed by atoms with E-state index in [0.717, 1.165) is 18.7 Å². The quantitative estimate of drug-likeness (QED) is 0.278. The monoisotopic (exact) mass is 388 g/mol. The standard InChI is InChI=1S/C20H32N4O2Si/c1-20(2,3)27(4,5)26-14-16(12-11-15-9-7-6-8-10-15)18-22-13-17(23-18)19(25)24-21/h6-10,13,16H,11-12,14,21H2,1-5H3,(H,22,23)(H,24,25). The van der Waals surface area contributed by atoms with Crippen molar-refractivity contribution in [3.8, 4) is 0 Å². The number of benzene rings is 1. The molecule has 0 aliphatic carbocycles. The van der Waals surface area contributed by atoms with Gasteiger partial charge < -0.3 is 9.41 Å². The van der Waals surface area contributed by atoms with Crippen LogP contribution in [0.15, 0.2) is 36.5 Å². The third-order valence-electron chi connectivity index (χ3n) is 5.43. The molecule has 0 saturated heterocycles. The molecule has 4 N–H and O–H groups in total. The molecule has 0 fully saturated rings. The summed E-state index contributed by atoms with van der Waals surface area (Å²) in [5.41, 5.74) is 3.78. The van der Waals surface area contributed by atoms with E-state index in [0.29, 0.717) is 12.3 Å². The molecule has 0 aliphatic heterocycles. The highest BCUT2D eigenvalue weighted by molar-refractivity contribution is 6.74. The fourth-order valence-corrected chi connectivity index (χ4v) is 3.60. The largest absolute Gasteiger partial charge is 0.416 e. The summed E-state index contributed by atoms with van der Waals surface area (Å²) in [4.78, 5) is 19.3. The minimum atomic E-state index is -1.87. The van der Waals surface area contributed by atoms with E-state index >= 15 is 0 Å². The highest BCUT2D eigenvalue weighted by Gasteiger charge is 2.37. The smallest absolute Gasteiger partial charge is 0.283 e. The molecule has 1 amide bonds. The third kappa shape index (κ3) is 5.75. The zero-order valence-corrected chi connectivity index (χ0v) is 18.0. The van der Waals surface area contributed by atoms with Gasteiger partial charge in [-0.3, -0.25) is 10.2 Å². The maximum absolute atomic E-state index is 11.7. The number of carbonyl (C=O) groups is 1. The Morgan fingerprint density at radius 2 is 1.96 bits per heavy atom. The third-order valence-corrected chi connectivity index (χ3v) is 9.93. The summed E-state index contributed by atoms with van der Waals surface area (Å²) >= 11 is 0. The van der Waals surface area contributed by atoms with E-state index in [1.807, 2.05) is 18.2 Å². The molecule has 0 aliphatic rings. The normalized spacial score (nSPS) is 13.4. The van der Waals surface area contributed by atoms with Crippen LogP contribution in [0.4, 0.5) is 0 Å². The van der Waals surface area contributed by atoms with E-state index in [1.165, 1.54) is 11.8 Å². The number of aromatic amines is 1. The minimum Gasteiger partial charge on any atom is -0.416 e. The van der Waals surface area contributed by atoms with Crippen molar-refractivity contribution in [1.82, 2.24) is 15.4 Å². The number of hydrogen-bond donors (Lipinski definition) is 3. The summed E-state index contributed by atoms with van der Waals surface area (Å²) in [6.45, 7) is 11.8. The Bertz CT molecular complexity index is 738. The van der Waals surface area contributed by atoms with Crippen molar-refractivity contribution in [2.45, 2.75) is 57.7 Å². The number of rotatable bonds is 8. The highest BCUT2D eigenvalue weighted by Crippen LogP contribution is 2.37. The van der Waals surface area contributed by atoms with Gasteiger partial charge in [-0.25, -0.2) is 10.8 Å². The van der Waals surface area contributed by atoms with Crippen LogP contribution in [0.1, 0.15) is 55.0 Å². The lowest BCUT2D eigenvalue weighted by Gasteiger charge is -2.37. The number of hydrazine groups is 1. The van der Waals surface area contributed by atoms with E-state index in [9.17, 15) is 4.79 Å². The second-order valence-corrected chi connectivity index (χ2v) is 13.3. The Kier molecular flexibility index (Phi) is 6.97. The summed E-state index contributed by atoms with van der Waals surface area (Å²) in [6, 6.07) is 10.4. The minimum absolute atomic E-state index is 0.0821. The van der Waals surface area contributed by atoms with Crippen LogP contribution in [0, 0.1) is 0 Å². The average molecular weight is 389 g/mol. The second kappa shape index (κ2) is 8.82. The van der Waals surface area contributed by atoms with Crippen molar-refractivity contribution in [3.05, 3.63) is 53.6 Å². The Morgan fingerprint density at radius 1 is 1.30 bits per heavy atom. The Morgan fingerprint density at radius 3 is 2.56 bits per heavy atom. The SMILES string of the molecule is CC(C)(C)[Si](C)(C)OCC(CCc1ccccc1)c1ncc(C(=O)NN)[nH]1. The molecular formula is C20H32N4O2Si. The molecular weight excluding hydrogens is 356 g/mol. The van der Waals surface area contributed by atoms with Gasteiger partial charge in [0.2, 0.25) is 0 Å². The van der Waals surface area contributed by atoms with Crippen LogP contribution in [-0.2, 0) is 10.8 Å². The van der Waals surface area contributed by atoms with E-state index in [1.54, 1.807) is 0 Å². The lowest BCUT2D eigenvalue weighted by molar-refractivity contribution is 0.0949. The highest BCUT2D eigenvalue weighted by atomic mass is 28.4. The average Bonchev–Trinajstić information content (AvgIpc) is 3.11. The number of aromatic nitrogens is 2. The molecule has 1 aromatic heterocycles. The molecule has 6 nitrogen and oxygen atoms in total. The maximum atomic E-state index is 11.7. The van der Waals surface area contributed by atoms with Crippen molar-refractivity contribution in [1.29, 1.82) is 0 Å². The van der Waals surface area contributed by atoms with E-state index in [2.05, 4.69) is 61.4 Å². The molecule has 7 heteroatoms. The topological polar surface area (TPSA) is 93.0 Å². The number of amides is 1. The summed E-state index contributed by atoms with van der Waals surface area (Å²) in [7, 11) is -1.87. The molecule has 2 aromatic rings. The van der Waals surface area contributed by atoms with Crippen molar-refractivity contribution < 1.29 is 9.22 Å². The summed E-state index contributed by atoms with van der Waals surface area (Å²) in [5, 5.41) is 0.144. The number of nitrogen functional groups attached to an aromatic ring is 1. The molecule has 1 aromatic carbocycles. The van der Waals surface area contributed by atoms with Crippen LogP contribution in [0.2, 0.25) is 18.1 Å². The molecule has 0 bridgehead atoms. The summed E-state index contributed by atoms with van der Waals surface area (Å²) in [5.74, 6) is 5.70. The zero-order valence-electron chi connectivity index (χ0n) is 17.0. The van der Waals surface area contributed by atoms with Crippen LogP contribution in [0.3, 0.4) is 0 Å². The van der Waals surface area contributed by atoms with Gasteiger partial charge in [-0.05, 0) is 36.5 Å². The summed E-state index contributed by atoms with van der Waals surface area (Å²) < 4.78 is 6.45. The number of imidazole rings is 1. The van der Waals surface area contributed by atoms with Gasteiger partial charge in [0, 0.05) is 12.5 Å². The molecule has 1 atom stereocenters. The molecule has 0 spiro atoms. The first-order chi connectivity index (χ1) is 12.6. The molecule has 148 valence electrons. The van der Waals surface area contributed by atoms with E-state index in [4.69, 9.17) is 10.3 Å². The Hall–Kier alpha value is -1.96. The molecule has 0 radical (unpaired) electrons. The molecule has 0 saturated carbocycles. The predicted molar refractivity (Wildman–Crippen MR) is 111 cm³/mol. The van der Waals surface area contributed by atoms with Crippen molar-refractivity contribution in [2.24, 2.45) is 5.84 Å². The molecule has 2 rings (SSSR count). The first-order valence-electron chi connectivity index (χ1n) is 9.38. The summed E-state index contributed by atoms with van der Waals surface area (Å²) in [6.07, 6.45) is 3.33. The maximum Gasteiger partial charge on any atom is 0.283 e. The zero-order chi connectivity index (χ0) is 20.1. The van der Waals surface area contributed by atoms with Crippen LogP contribution in [0.25, 0.3) is 0 Å². The number of carbonyl (C=O) groups excluding carboxylic acids is 1. The van der Waals surface area contributed by atoms with E-state index in [-0.39, 0.29) is 16.9 Å². The van der Waals surface area contributed by atoms with Crippen molar-refractivity contribution in [3.63, 3.8) is 0 Å². The van der Waals surface area contributed by atoms with Crippen LogP contribution >= 0.6 is 0 Å². The number of nitrogens with two attached hydrogens (primary N) is 1. The number of aryl methyl sites for hydroxylation is 1. The van der Waals surface area contributed by atoms with Gasteiger partial charge in [-0.2, -0.15) is 0 Å². The molecule has 1 heterocycles. The Labute approximate surface area is 163 Å². The molecule has 27 heavy (non-hydrogen) atoms.